The number of likely N-dealkylation sites (N-methyl/N-ethyl adjacent to an activating group) is 2. The normalized spacial score (nSPS) is 12.2. The van der Waals surface area contributed by atoms with Gasteiger partial charge in [0.1, 0.15) is 0 Å². The Morgan fingerprint density at radius 1 is 0.722 bits per heavy atom. The summed E-state index contributed by atoms with van der Waals surface area (Å²) in [4.78, 5) is 27.3. The maximum Gasteiger partial charge on any atom is 0.227 e. The third kappa shape index (κ3) is 5.07. The first-order chi connectivity index (χ1) is 7.87. The van der Waals surface area contributed by atoms with Gasteiger partial charge < -0.3 is 9.80 Å². The van der Waals surface area contributed by atoms with Gasteiger partial charge in [0.05, 0.1) is 0 Å². The lowest BCUT2D eigenvalue weighted by Gasteiger charge is -2.30. The summed E-state index contributed by atoms with van der Waals surface area (Å²) in [6.07, 6.45) is 0. The van der Waals surface area contributed by atoms with Gasteiger partial charge in [-0.05, 0) is 0 Å². The van der Waals surface area contributed by atoms with Crippen LogP contribution in [0.4, 0.5) is 0 Å². The molecule has 0 heterocycles. The van der Waals surface area contributed by atoms with Crippen LogP contribution in [0.1, 0.15) is 41.5 Å². The van der Waals surface area contributed by atoms with Gasteiger partial charge in [-0.15, -0.1) is 0 Å². The number of rotatable bonds is 3. The Labute approximate surface area is 111 Å². The number of nitrogens with zero attached hydrogens (tertiary/aromatic N) is 2. The first-order valence-electron chi connectivity index (χ1n) is 6.38. The highest BCUT2D eigenvalue weighted by Crippen LogP contribution is 2.18. The zero-order valence-electron chi connectivity index (χ0n) is 13.1. The molecule has 2 amide bonds. The zero-order chi connectivity index (χ0) is 14.7. The summed E-state index contributed by atoms with van der Waals surface area (Å²) in [5.74, 6) is 0.193. The molecule has 4 heteroatoms. The quantitative estimate of drug-likeness (QED) is 0.775. The number of carbonyl (C=O) groups excluding carboxylic acids is 2. The molecule has 106 valence electrons. The fourth-order valence-corrected chi connectivity index (χ4v) is 1.65. The third-order valence-electron chi connectivity index (χ3n) is 2.75. The van der Waals surface area contributed by atoms with E-state index in [2.05, 4.69) is 0 Å². The highest BCUT2D eigenvalue weighted by Gasteiger charge is 2.27. The van der Waals surface area contributed by atoms with Crippen LogP contribution in [-0.4, -0.2) is 48.8 Å². The molecule has 0 rings (SSSR count). The van der Waals surface area contributed by atoms with Gasteiger partial charge in [0.15, 0.2) is 0 Å². The van der Waals surface area contributed by atoms with Crippen LogP contribution in [0.3, 0.4) is 0 Å². The zero-order valence-corrected chi connectivity index (χ0v) is 13.1. The Morgan fingerprint density at radius 2 is 0.944 bits per heavy atom. The van der Waals surface area contributed by atoms with Gasteiger partial charge in [0, 0.05) is 38.0 Å². The SMILES string of the molecule is CN(CCN(C)C(=O)C(C)(C)C)C(=O)C(C)(C)C. The molecule has 0 fully saturated rings. The van der Waals surface area contributed by atoms with E-state index in [4.69, 9.17) is 0 Å². The second-order valence-electron chi connectivity index (χ2n) is 6.95. The fourth-order valence-electron chi connectivity index (χ4n) is 1.65. The van der Waals surface area contributed by atoms with E-state index < -0.39 is 0 Å². The number of amides is 2. The standard InChI is InChI=1S/C14H28N2O2/c1-13(2,3)11(17)15(7)9-10-16(8)12(18)14(4,5)6/h9-10H2,1-8H3. The van der Waals surface area contributed by atoms with Gasteiger partial charge in [-0.1, -0.05) is 41.5 Å². The molecule has 0 aromatic rings. The van der Waals surface area contributed by atoms with E-state index in [1.807, 2.05) is 41.5 Å². The molecule has 0 saturated heterocycles. The van der Waals surface area contributed by atoms with Crippen molar-refractivity contribution in [2.45, 2.75) is 41.5 Å². The van der Waals surface area contributed by atoms with Crippen LogP contribution in [-0.2, 0) is 9.59 Å². The molecule has 0 aliphatic rings. The van der Waals surface area contributed by atoms with Crippen LogP contribution in [0.15, 0.2) is 0 Å². The van der Waals surface area contributed by atoms with Crippen LogP contribution in [0.2, 0.25) is 0 Å². The molecule has 18 heavy (non-hydrogen) atoms. The molecular weight excluding hydrogens is 228 g/mol. The Balaban J connectivity index is 4.35. The molecule has 0 saturated carbocycles. The molecule has 0 radical (unpaired) electrons. The van der Waals surface area contributed by atoms with Crippen LogP contribution >= 0.6 is 0 Å². The number of hydrogen-bond acceptors (Lipinski definition) is 2. The van der Waals surface area contributed by atoms with Gasteiger partial charge in [0.2, 0.25) is 11.8 Å². The summed E-state index contributed by atoms with van der Waals surface area (Å²) in [6.45, 7) is 12.5. The van der Waals surface area contributed by atoms with Crippen LogP contribution < -0.4 is 0 Å². The number of hydrogen-bond donors (Lipinski definition) is 0. The van der Waals surface area contributed by atoms with E-state index in [1.165, 1.54) is 0 Å². The van der Waals surface area contributed by atoms with Crippen molar-refractivity contribution < 1.29 is 9.59 Å². The summed E-state index contributed by atoms with van der Waals surface area (Å²) in [5.41, 5.74) is -0.747. The molecule has 0 bridgehead atoms. The fraction of sp³-hybridized carbons (Fsp3) is 0.857. The Kier molecular flexibility index (Phi) is 5.38. The molecule has 0 atom stereocenters. The molecule has 0 aliphatic heterocycles. The summed E-state index contributed by atoms with van der Waals surface area (Å²) in [7, 11) is 3.56. The minimum absolute atomic E-state index is 0.0964. The first-order valence-corrected chi connectivity index (χ1v) is 6.38. The molecule has 0 aromatic heterocycles. The summed E-state index contributed by atoms with van der Waals surface area (Å²) in [6, 6.07) is 0. The predicted molar refractivity (Wildman–Crippen MR) is 74.2 cm³/mol. The van der Waals surface area contributed by atoms with Crippen molar-refractivity contribution >= 4 is 11.8 Å². The van der Waals surface area contributed by atoms with E-state index in [0.29, 0.717) is 13.1 Å². The first kappa shape index (κ1) is 16.9. The van der Waals surface area contributed by atoms with Gasteiger partial charge >= 0.3 is 0 Å². The Bertz CT molecular complexity index is 279. The Morgan fingerprint density at radius 3 is 1.11 bits per heavy atom. The third-order valence-corrected chi connectivity index (χ3v) is 2.75. The molecule has 0 spiro atoms. The predicted octanol–water partition coefficient (Wildman–Crippen LogP) is 2.00. The monoisotopic (exact) mass is 256 g/mol. The van der Waals surface area contributed by atoms with Crippen LogP contribution in [0.5, 0.6) is 0 Å². The van der Waals surface area contributed by atoms with Gasteiger partial charge in [0.25, 0.3) is 0 Å². The Hall–Kier alpha value is -1.06. The highest BCUT2D eigenvalue weighted by atomic mass is 16.2. The topological polar surface area (TPSA) is 40.6 Å². The van der Waals surface area contributed by atoms with E-state index >= 15 is 0 Å². The van der Waals surface area contributed by atoms with Crippen molar-refractivity contribution in [2.75, 3.05) is 27.2 Å². The van der Waals surface area contributed by atoms with Crippen molar-refractivity contribution in [1.82, 2.24) is 9.80 Å². The van der Waals surface area contributed by atoms with Gasteiger partial charge in [-0.25, -0.2) is 0 Å². The molecule has 0 N–H and O–H groups in total. The molecular formula is C14H28N2O2. The average Bonchev–Trinajstić information content (AvgIpc) is 2.20. The second-order valence-corrected chi connectivity index (χ2v) is 6.95. The maximum absolute atomic E-state index is 12.0. The van der Waals surface area contributed by atoms with E-state index in [1.54, 1.807) is 23.9 Å². The lowest BCUT2D eigenvalue weighted by Crippen LogP contribution is -2.44. The van der Waals surface area contributed by atoms with Gasteiger partial charge in [-0.2, -0.15) is 0 Å². The smallest absolute Gasteiger partial charge is 0.227 e. The van der Waals surface area contributed by atoms with E-state index in [0.717, 1.165) is 0 Å². The maximum atomic E-state index is 12.0. The van der Waals surface area contributed by atoms with Crippen molar-refractivity contribution in [3.05, 3.63) is 0 Å². The summed E-state index contributed by atoms with van der Waals surface area (Å²) >= 11 is 0. The average molecular weight is 256 g/mol. The largest absolute Gasteiger partial charge is 0.344 e. The van der Waals surface area contributed by atoms with Crippen molar-refractivity contribution in [3.63, 3.8) is 0 Å². The van der Waals surface area contributed by atoms with Gasteiger partial charge in [-0.3, -0.25) is 9.59 Å². The summed E-state index contributed by atoms with van der Waals surface area (Å²) < 4.78 is 0. The number of carbonyl (C=O) groups is 2. The second kappa shape index (κ2) is 5.72. The molecule has 0 aliphatic carbocycles. The molecule has 0 aromatic carbocycles. The highest BCUT2D eigenvalue weighted by molar-refractivity contribution is 5.82. The van der Waals surface area contributed by atoms with Crippen molar-refractivity contribution in [2.24, 2.45) is 10.8 Å². The molecule has 0 unspecified atom stereocenters. The van der Waals surface area contributed by atoms with Crippen molar-refractivity contribution in [1.29, 1.82) is 0 Å². The minimum atomic E-state index is -0.374. The minimum Gasteiger partial charge on any atom is -0.344 e. The lowest BCUT2D eigenvalue weighted by atomic mass is 9.94. The molecule has 4 nitrogen and oxygen atoms in total. The van der Waals surface area contributed by atoms with E-state index in [9.17, 15) is 9.59 Å². The van der Waals surface area contributed by atoms with E-state index in [-0.39, 0.29) is 22.6 Å². The lowest BCUT2D eigenvalue weighted by molar-refractivity contribution is -0.141. The van der Waals surface area contributed by atoms with Crippen LogP contribution in [0.25, 0.3) is 0 Å². The van der Waals surface area contributed by atoms with Crippen LogP contribution in [0, 0.1) is 10.8 Å². The summed E-state index contributed by atoms with van der Waals surface area (Å²) in [5, 5.41) is 0. The van der Waals surface area contributed by atoms with Crippen molar-refractivity contribution in [3.8, 4) is 0 Å².